The van der Waals surface area contributed by atoms with E-state index >= 15 is 0 Å². The number of benzene rings is 1. The zero-order chi connectivity index (χ0) is 21.2. The van der Waals surface area contributed by atoms with Crippen LogP contribution in [0.5, 0.6) is 0 Å². The summed E-state index contributed by atoms with van der Waals surface area (Å²) in [6.45, 7) is 7.16. The van der Waals surface area contributed by atoms with Crippen LogP contribution in [0.4, 0.5) is 4.79 Å². The monoisotopic (exact) mass is 401 g/mol. The fraction of sp³-hybridized carbons (Fsp3) is 0.591. The Labute approximate surface area is 172 Å². The van der Waals surface area contributed by atoms with E-state index < -0.39 is 5.54 Å². The van der Waals surface area contributed by atoms with Crippen LogP contribution in [0, 0.1) is 5.92 Å². The molecule has 4 amide bonds. The quantitative estimate of drug-likeness (QED) is 0.741. The summed E-state index contributed by atoms with van der Waals surface area (Å²) < 4.78 is 0. The SMILES string of the molecule is CCc1ccccc1C(=O)N1CCC2(CC1)C(=O)N(CCO)C(=O)N2CC(C)C. The number of imide groups is 1. The Morgan fingerprint density at radius 2 is 1.83 bits per heavy atom. The van der Waals surface area contributed by atoms with E-state index in [1.807, 2.05) is 45.0 Å². The van der Waals surface area contributed by atoms with Gasteiger partial charge in [-0.25, -0.2) is 4.79 Å². The van der Waals surface area contributed by atoms with E-state index in [4.69, 9.17) is 0 Å². The number of nitrogens with zero attached hydrogens (tertiary/aromatic N) is 3. The number of piperidine rings is 1. The smallest absolute Gasteiger partial charge is 0.327 e. The minimum absolute atomic E-state index is 0.0144. The van der Waals surface area contributed by atoms with Crippen molar-refractivity contribution in [3.63, 3.8) is 0 Å². The summed E-state index contributed by atoms with van der Waals surface area (Å²) in [4.78, 5) is 43.8. The molecule has 29 heavy (non-hydrogen) atoms. The van der Waals surface area contributed by atoms with Crippen LogP contribution < -0.4 is 0 Å². The average molecular weight is 402 g/mol. The maximum atomic E-state index is 13.2. The Balaban J connectivity index is 1.81. The van der Waals surface area contributed by atoms with Gasteiger partial charge in [-0.2, -0.15) is 0 Å². The molecule has 0 radical (unpaired) electrons. The summed E-state index contributed by atoms with van der Waals surface area (Å²) >= 11 is 0. The third kappa shape index (κ3) is 3.75. The van der Waals surface area contributed by atoms with Crippen molar-refractivity contribution in [1.82, 2.24) is 14.7 Å². The largest absolute Gasteiger partial charge is 0.395 e. The van der Waals surface area contributed by atoms with Crippen LogP contribution in [0.1, 0.15) is 49.5 Å². The summed E-state index contributed by atoms with van der Waals surface area (Å²) in [6, 6.07) is 7.30. The number of β-amino-alcohol motifs (C(OH)–C–C–N with tert-alkyl or cyclic N) is 1. The van der Waals surface area contributed by atoms with Crippen molar-refractivity contribution in [2.75, 3.05) is 32.8 Å². The van der Waals surface area contributed by atoms with Gasteiger partial charge in [0.1, 0.15) is 5.54 Å². The van der Waals surface area contributed by atoms with Crippen LogP contribution in [-0.2, 0) is 11.2 Å². The lowest BCUT2D eigenvalue weighted by atomic mass is 9.85. The molecule has 2 aliphatic rings. The van der Waals surface area contributed by atoms with Gasteiger partial charge >= 0.3 is 6.03 Å². The van der Waals surface area contributed by atoms with Gasteiger partial charge in [-0.05, 0) is 36.8 Å². The van der Waals surface area contributed by atoms with E-state index in [9.17, 15) is 19.5 Å². The van der Waals surface area contributed by atoms with E-state index in [0.29, 0.717) is 38.0 Å². The molecule has 1 aromatic rings. The highest BCUT2D eigenvalue weighted by molar-refractivity contribution is 6.07. The molecule has 1 spiro atoms. The van der Waals surface area contributed by atoms with Crippen molar-refractivity contribution in [2.24, 2.45) is 5.92 Å². The normalized spacial score (nSPS) is 19.0. The number of urea groups is 1. The molecule has 0 aliphatic carbocycles. The average Bonchev–Trinajstić information content (AvgIpc) is 2.90. The molecule has 0 atom stereocenters. The predicted octanol–water partition coefficient (Wildman–Crippen LogP) is 2.14. The first-order valence-electron chi connectivity index (χ1n) is 10.5. The molecule has 1 N–H and O–H groups in total. The lowest BCUT2D eigenvalue weighted by molar-refractivity contribution is -0.135. The molecule has 3 rings (SSSR count). The Kier molecular flexibility index (Phi) is 6.27. The number of rotatable bonds is 6. The van der Waals surface area contributed by atoms with Crippen molar-refractivity contribution in [3.8, 4) is 0 Å². The van der Waals surface area contributed by atoms with E-state index in [1.165, 1.54) is 4.90 Å². The van der Waals surface area contributed by atoms with Crippen LogP contribution >= 0.6 is 0 Å². The van der Waals surface area contributed by atoms with E-state index in [-0.39, 0.29) is 36.9 Å². The van der Waals surface area contributed by atoms with E-state index in [1.54, 1.807) is 9.80 Å². The van der Waals surface area contributed by atoms with Crippen LogP contribution in [0.2, 0.25) is 0 Å². The van der Waals surface area contributed by atoms with Crippen molar-refractivity contribution >= 4 is 17.8 Å². The molecule has 7 heteroatoms. The van der Waals surface area contributed by atoms with E-state index in [2.05, 4.69) is 0 Å². The summed E-state index contributed by atoms with van der Waals surface area (Å²) in [6.07, 6.45) is 1.63. The van der Waals surface area contributed by atoms with Crippen molar-refractivity contribution < 1.29 is 19.5 Å². The number of likely N-dealkylation sites (tertiary alicyclic amines) is 1. The Morgan fingerprint density at radius 1 is 1.17 bits per heavy atom. The van der Waals surface area contributed by atoms with Crippen molar-refractivity contribution in [1.29, 1.82) is 0 Å². The lowest BCUT2D eigenvalue weighted by Crippen LogP contribution is -2.58. The molecule has 0 saturated carbocycles. The molecule has 1 aromatic carbocycles. The third-order valence-electron chi connectivity index (χ3n) is 6.00. The lowest BCUT2D eigenvalue weighted by Gasteiger charge is -2.42. The number of hydrogen-bond acceptors (Lipinski definition) is 4. The van der Waals surface area contributed by atoms with Gasteiger partial charge in [-0.1, -0.05) is 39.0 Å². The van der Waals surface area contributed by atoms with Crippen LogP contribution in [0.15, 0.2) is 24.3 Å². The van der Waals surface area contributed by atoms with Crippen molar-refractivity contribution in [2.45, 2.75) is 45.6 Å². The third-order valence-corrected chi connectivity index (χ3v) is 6.00. The molecule has 2 saturated heterocycles. The maximum absolute atomic E-state index is 13.2. The van der Waals surface area contributed by atoms with E-state index in [0.717, 1.165) is 12.0 Å². The minimum atomic E-state index is -0.905. The number of aliphatic hydroxyl groups excluding tert-OH is 1. The predicted molar refractivity (Wildman–Crippen MR) is 109 cm³/mol. The van der Waals surface area contributed by atoms with Gasteiger partial charge in [0.05, 0.1) is 13.2 Å². The van der Waals surface area contributed by atoms with Gasteiger partial charge < -0.3 is 14.9 Å². The first kappa shape index (κ1) is 21.3. The number of aliphatic hydroxyl groups is 1. The molecule has 7 nitrogen and oxygen atoms in total. The first-order chi connectivity index (χ1) is 13.9. The highest BCUT2D eigenvalue weighted by Crippen LogP contribution is 2.38. The summed E-state index contributed by atoms with van der Waals surface area (Å²) in [5, 5.41) is 9.29. The number of carbonyl (C=O) groups is 3. The molecule has 0 unspecified atom stereocenters. The van der Waals surface area contributed by atoms with Gasteiger partial charge in [0.25, 0.3) is 11.8 Å². The highest BCUT2D eigenvalue weighted by Gasteiger charge is 2.58. The topological polar surface area (TPSA) is 81.2 Å². The van der Waals surface area contributed by atoms with Crippen LogP contribution in [0.25, 0.3) is 0 Å². The van der Waals surface area contributed by atoms with Crippen LogP contribution in [0.3, 0.4) is 0 Å². The fourth-order valence-corrected chi connectivity index (χ4v) is 4.47. The minimum Gasteiger partial charge on any atom is -0.395 e. The Morgan fingerprint density at radius 3 is 2.41 bits per heavy atom. The van der Waals surface area contributed by atoms with Gasteiger partial charge in [-0.3, -0.25) is 14.5 Å². The zero-order valence-electron chi connectivity index (χ0n) is 17.6. The number of amides is 4. The van der Waals surface area contributed by atoms with Crippen LogP contribution in [-0.4, -0.2) is 76.0 Å². The molecule has 0 bridgehead atoms. The molecule has 158 valence electrons. The summed E-state index contributed by atoms with van der Waals surface area (Å²) in [5.41, 5.74) is 0.818. The maximum Gasteiger partial charge on any atom is 0.327 e. The first-order valence-corrected chi connectivity index (χ1v) is 10.5. The number of carbonyl (C=O) groups excluding carboxylic acids is 3. The van der Waals surface area contributed by atoms with Gasteiger partial charge in [-0.15, -0.1) is 0 Å². The molecule has 0 aromatic heterocycles. The summed E-state index contributed by atoms with van der Waals surface area (Å²) in [7, 11) is 0. The molecule has 2 fully saturated rings. The second kappa shape index (κ2) is 8.53. The zero-order valence-corrected chi connectivity index (χ0v) is 17.6. The molecule has 2 heterocycles. The Hall–Kier alpha value is -2.41. The number of aryl methyl sites for hydroxylation is 1. The molecule has 2 aliphatic heterocycles. The summed E-state index contributed by atoms with van der Waals surface area (Å²) in [5.74, 6) is -0.0382. The van der Waals surface area contributed by atoms with Crippen molar-refractivity contribution in [3.05, 3.63) is 35.4 Å². The second-order valence-electron chi connectivity index (χ2n) is 8.30. The fourth-order valence-electron chi connectivity index (χ4n) is 4.47. The van der Waals surface area contributed by atoms with Gasteiger partial charge in [0.2, 0.25) is 0 Å². The standard InChI is InChI=1S/C22H31N3O4/c1-4-17-7-5-6-8-18(17)19(27)23-11-9-22(10-12-23)20(28)24(13-14-26)21(29)25(22)15-16(2)3/h5-8,16,26H,4,9-15H2,1-3H3. The van der Waals surface area contributed by atoms with Gasteiger partial charge in [0.15, 0.2) is 0 Å². The highest BCUT2D eigenvalue weighted by atomic mass is 16.3. The molecular weight excluding hydrogens is 370 g/mol. The molecular formula is C22H31N3O4. The number of hydrogen-bond donors (Lipinski definition) is 1. The Bertz CT molecular complexity index is 784. The van der Waals surface area contributed by atoms with Gasteiger partial charge in [0, 0.05) is 25.2 Å². The second-order valence-corrected chi connectivity index (χ2v) is 8.30.